The molecule has 7 heteroatoms. The van der Waals surface area contributed by atoms with E-state index in [2.05, 4.69) is 20.8 Å². The Morgan fingerprint density at radius 2 is 2.20 bits per heavy atom. The molecule has 2 rings (SSSR count). The van der Waals surface area contributed by atoms with Gasteiger partial charge in [0, 0.05) is 6.54 Å². The van der Waals surface area contributed by atoms with Crippen molar-refractivity contribution in [2.75, 3.05) is 11.9 Å². The van der Waals surface area contributed by atoms with Crippen LogP contribution in [0.5, 0.6) is 5.75 Å². The van der Waals surface area contributed by atoms with Crippen LogP contribution in [0, 0.1) is 6.92 Å². The van der Waals surface area contributed by atoms with E-state index < -0.39 is 0 Å². The number of amides is 1. The van der Waals surface area contributed by atoms with Gasteiger partial charge in [-0.1, -0.05) is 30.2 Å². The van der Waals surface area contributed by atoms with Crippen LogP contribution in [-0.2, 0) is 11.3 Å². The molecule has 0 aliphatic carbocycles. The first kappa shape index (κ1) is 14.0. The Labute approximate surface area is 116 Å². The molecule has 0 fully saturated rings. The van der Waals surface area contributed by atoms with E-state index in [-0.39, 0.29) is 12.5 Å². The van der Waals surface area contributed by atoms with Gasteiger partial charge in [-0.15, -0.1) is 0 Å². The number of aryl methyl sites for hydroxylation is 2. The normalized spacial score (nSPS) is 10.3. The van der Waals surface area contributed by atoms with Crippen molar-refractivity contribution >= 4 is 11.9 Å². The molecular formula is C13H17N5O2. The molecule has 0 aliphatic heterocycles. The predicted octanol–water partition coefficient (Wildman–Crippen LogP) is 1.41. The summed E-state index contributed by atoms with van der Waals surface area (Å²) in [5, 5.41) is 13.7. The highest BCUT2D eigenvalue weighted by atomic mass is 16.5. The molecule has 1 N–H and O–H groups in total. The minimum Gasteiger partial charge on any atom is -0.483 e. The van der Waals surface area contributed by atoms with Crippen molar-refractivity contribution in [2.24, 2.45) is 0 Å². The topological polar surface area (TPSA) is 81.9 Å². The van der Waals surface area contributed by atoms with Crippen molar-refractivity contribution in [3.05, 3.63) is 29.8 Å². The van der Waals surface area contributed by atoms with Crippen molar-refractivity contribution in [3.8, 4) is 5.75 Å². The van der Waals surface area contributed by atoms with Crippen molar-refractivity contribution < 1.29 is 9.53 Å². The fraction of sp³-hybridized carbons (Fsp3) is 0.385. The first-order valence-electron chi connectivity index (χ1n) is 6.45. The van der Waals surface area contributed by atoms with Gasteiger partial charge in [0.15, 0.2) is 6.61 Å². The highest BCUT2D eigenvalue weighted by Gasteiger charge is 2.10. The maximum absolute atomic E-state index is 11.8. The van der Waals surface area contributed by atoms with Crippen LogP contribution in [0.4, 0.5) is 5.95 Å². The Bertz CT molecular complexity index is 582. The van der Waals surface area contributed by atoms with Gasteiger partial charge in [0.05, 0.1) is 0 Å². The largest absolute Gasteiger partial charge is 0.483 e. The summed E-state index contributed by atoms with van der Waals surface area (Å²) in [6.07, 6.45) is 0.883. The molecule has 0 atom stereocenters. The predicted molar refractivity (Wildman–Crippen MR) is 73.4 cm³/mol. The van der Waals surface area contributed by atoms with Crippen LogP contribution in [0.25, 0.3) is 0 Å². The summed E-state index contributed by atoms with van der Waals surface area (Å²) in [4.78, 5) is 11.8. The summed E-state index contributed by atoms with van der Waals surface area (Å²) in [5.41, 5.74) is 0.983. The van der Waals surface area contributed by atoms with Crippen LogP contribution >= 0.6 is 0 Å². The first-order valence-corrected chi connectivity index (χ1v) is 6.45. The third-order valence-electron chi connectivity index (χ3n) is 2.67. The molecule has 0 saturated heterocycles. The van der Waals surface area contributed by atoms with E-state index in [1.807, 2.05) is 38.1 Å². The van der Waals surface area contributed by atoms with Gasteiger partial charge in [-0.05, 0) is 35.4 Å². The van der Waals surface area contributed by atoms with E-state index in [4.69, 9.17) is 4.74 Å². The molecule has 0 unspecified atom stereocenters. The summed E-state index contributed by atoms with van der Waals surface area (Å²) in [6, 6.07) is 7.53. The van der Waals surface area contributed by atoms with E-state index >= 15 is 0 Å². The van der Waals surface area contributed by atoms with Gasteiger partial charge in [0.1, 0.15) is 5.75 Å². The number of rotatable bonds is 6. The Balaban J connectivity index is 1.90. The number of benzene rings is 1. The molecule has 0 saturated carbocycles. The number of carbonyl (C=O) groups excluding carboxylic acids is 1. The number of ether oxygens (including phenoxy) is 1. The highest BCUT2D eigenvalue weighted by molar-refractivity contribution is 5.90. The maximum atomic E-state index is 11.8. The molecule has 0 radical (unpaired) electrons. The number of anilines is 1. The molecule has 0 spiro atoms. The Morgan fingerprint density at radius 3 is 2.95 bits per heavy atom. The summed E-state index contributed by atoms with van der Waals surface area (Å²) < 4.78 is 7.00. The molecule has 1 amide bonds. The Kier molecular flexibility index (Phi) is 4.65. The minimum absolute atomic E-state index is 0.0795. The first-order chi connectivity index (χ1) is 9.70. The highest BCUT2D eigenvalue weighted by Crippen LogP contribution is 2.15. The van der Waals surface area contributed by atoms with Crippen molar-refractivity contribution in [1.82, 2.24) is 20.2 Å². The monoisotopic (exact) mass is 275 g/mol. The number of para-hydroxylation sites is 1. The van der Waals surface area contributed by atoms with Gasteiger partial charge in [-0.3, -0.25) is 10.1 Å². The minimum atomic E-state index is -0.291. The number of hydrogen-bond donors (Lipinski definition) is 1. The summed E-state index contributed by atoms with van der Waals surface area (Å²) in [7, 11) is 0. The average Bonchev–Trinajstić information content (AvgIpc) is 2.86. The summed E-state index contributed by atoms with van der Waals surface area (Å²) in [6.45, 7) is 4.51. The second kappa shape index (κ2) is 6.65. The molecule has 1 aromatic carbocycles. The van der Waals surface area contributed by atoms with Gasteiger partial charge in [-0.2, -0.15) is 0 Å². The number of hydrogen-bond acceptors (Lipinski definition) is 5. The molecule has 1 heterocycles. The second-order valence-corrected chi connectivity index (χ2v) is 4.33. The molecule has 0 bridgehead atoms. The third-order valence-corrected chi connectivity index (χ3v) is 2.67. The maximum Gasteiger partial charge on any atom is 0.264 e. The van der Waals surface area contributed by atoms with E-state index in [1.165, 1.54) is 0 Å². The molecular weight excluding hydrogens is 258 g/mol. The van der Waals surface area contributed by atoms with Crippen LogP contribution in [0.1, 0.15) is 18.9 Å². The van der Waals surface area contributed by atoms with Crippen molar-refractivity contribution in [1.29, 1.82) is 0 Å². The van der Waals surface area contributed by atoms with Gasteiger partial charge in [0.25, 0.3) is 5.91 Å². The Hall–Kier alpha value is -2.44. The van der Waals surface area contributed by atoms with E-state index in [0.717, 1.165) is 12.0 Å². The van der Waals surface area contributed by atoms with Crippen LogP contribution in [0.15, 0.2) is 24.3 Å². The van der Waals surface area contributed by atoms with Gasteiger partial charge in [-0.25, -0.2) is 4.68 Å². The standard InChI is InChI=1S/C13H17N5O2/c1-3-8-18-13(15-16-17-18)14-12(19)9-20-11-7-5-4-6-10(11)2/h4-7H,3,8-9H2,1-2H3,(H,14,15,17,19). The van der Waals surface area contributed by atoms with Gasteiger partial charge in [0.2, 0.25) is 5.95 Å². The van der Waals surface area contributed by atoms with Crippen molar-refractivity contribution in [3.63, 3.8) is 0 Å². The molecule has 7 nitrogen and oxygen atoms in total. The number of nitrogens with one attached hydrogen (secondary N) is 1. The molecule has 1 aromatic heterocycles. The van der Waals surface area contributed by atoms with Crippen LogP contribution < -0.4 is 10.1 Å². The molecule has 2 aromatic rings. The Morgan fingerprint density at radius 1 is 1.40 bits per heavy atom. The van der Waals surface area contributed by atoms with Crippen LogP contribution in [0.3, 0.4) is 0 Å². The molecule has 0 aliphatic rings. The van der Waals surface area contributed by atoms with Gasteiger partial charge >= 0.3 is 0 Å². The lowest BCUT2D eigenvalue weighted by molar-refractivity contribution is -0.118. The molecule has 20 heavy (non-hydrogen) atoms. The van der Waals surface area contributed by atoms with E-state index in [1.54, 1.807) is 4.68 Å². The zero-order chi connectivity index (χ0) is 14.4. The fourth-order valence-electron chi connectivity index (χ4n) is 1.68. The van der Waals surface area contributed by atoms with Crippen LogP contribution in [0.2, 0.25) is 0 Å². The number of carbonyl (C=O) groups is 1. The fourth-order valence-corrected chi connectivity index (χ4v) is 1.68. The second-order valence-electron chi connectivity index (χ2n) is 4.33. The quantitative estimate of drug-likeness (QED) is 0.862. The number of aromatic nitrogens is 4. The molecule has 106 valence electrons. The SMILES string of the molecule is CCCn1nnnc1NC(=O)COc1ccccc1C. The lowest BCUT2D eigenvalue weighted by Crippen LogP contribution is -2.23. The number of nitrogens with zero attached hydrogens (tertiary/aromatic N) is 4. The van der Waals surface area contributed by atoms with Gasteiger partial charge < -0.3 is 4.74 Å². The lowest BCUT2D eigenvalue weighted by Gasteiger charge is -2.09. The summed E-state index contributed by atoms with van der Waals surface area (Å²) >= 11 is 0. The lowest BCUT2D eigenvalue weighted by atomic mass is 10.2. The summed E-state index contributed by atoms with van der Waals surface area (Å²) in [5.74, 6) is 0.737. The van der Waals surface area contributed by atoms with E-state index in [9.17, 15) is 4.79 Å². The third kappa shape index (κ3) is 3.53. The number of tetrazole rings is 1. The van der Waals surface area contributed by atoms with Crippen molar-refractivity contribution in [2.45, 2.75) is 26.8 Å². The zero-order valence-electron chi connectivity index (χ0n) is 11.5. The smallest absolute Gasteiger partial charge is 0.264 e. The van der Waals surface area contributed by atoms with E-state index in [0.29, 0.717) is 18.2 Å². The average molecular weight is 275 g/mol. The van der Waals surface area contributed by atoms with Crippen LogP contribution in [-0.4, -0.2) is 32.7 Å². The zero-order valence-corrected chi connectivity index (χ0v) is 11.5.